The lowest BCUT2D eigenvalue weighted by molar-refractivity contribution is 0.417. The molecule has 0 amide bonds. The average Bonchev–Trinajstić information content (AvgIpc) is 2.39. The van der Waals surface area contributed by atoms with Gasteiger partial charge in [0.2, 0.25) is 0 Å². The van der Waals surface area contributed by atoms with E-state index in [9.17, 15) is 8.42 Å². The summed E-state index contributed by atoms with van der Waals surface area (Å²) < 4.78 is 31.9. The van der Waals surface area contributed by atoms with Crippen LogP contribution >= 0.6 is 11.6 Å². The number of hydrogen-bond donors (Lipinski definition) is 2. The number of hydrogen-bond acceptors (Lipinski definition) is 5. The molecule has 1 aromatic carbocycles. The zero-order valence-electron chi connectivity index (χ0n) is 10.5. The average molecular weight is 314 g/mol. The second-order valence-corrected chi connectivity index (χ2v) is 5.88. The largest absolute Gasteiger partial charge is 0.495 e. The molecule has 0 aliphatic rings. The lowest BCUT2D eigenvalue weighted by Gasteiger charge is -2.12. The van der Waals surface area contributed by atoms with E-state index in [1.54, 1.807) is 18.2 Å². The normalized spacial score (nSPS) is 11.1. The maximum atomic E-state index is 12.2. The highest BCUT2D eigenvalue weighted by Crippen LogP contribution is 2.30. The number of aromatic nitrogens is 1. The van der Waals surface area contributed by atoms with E-state index in [-0.39, 0.29) is 16.4 Å². The highest BCUT2D eigenvalue weighted by atomic mass is 35.5. The number of halogens is 1. The third-order valence-electron chi connectivity index (χ3n) is 2.46. The van der Waals surface area contributed by atoms with Gasteiger partial charge in [-0.05, 0) is 30.3 Å². The summed E-state index contributed by atoms with van der Waals surface area (Å²) in [5.74, 6) is 0.340. The Balaban J connectivity index is 2.44. The lowest BCUT2D eigenvalue weighted by atomic mass is 10.3. The van der Waals surface area contributed by atoms with E-state index < -0.39 is 10.0 Å². The summed E-state index contributed by atoms with van der Waals surface area (Å²) in [7, 11) is -2.49. The van der Waals surface area contributed by atoms with Crippen molar-refractivity contribution in [1.29, 1.82) is 0 Å². The minimum Gasteiger partial charge on any atom is -0.495 e. The van der Waals surface area contributed by atoms with Crippen molar-refractivity contribution in [3.8, 4) is 5.75 Å². The Morgan fingerprint density at radius 2 is 2.10 bits per heavy atom. The molecule has 0 unspecified atom stereocenters. The van der Waals surface area contributed by atoms with Crippen LogP contribution in [0, 0.1) is 0 Å². The summed E-state index contributed by atoms with van der Waals surface area (Å²) in [6.07, 6.45) is 1.35. The molecule has 0 aliphatic carbocycles. The van der Waals surface area contributed by atoms with Crippen LogP contribution in [-0.2, 0) is 10.0 Å². The van der Waals surface area contributed by atoms with Crippen LogP contribution in [0.4, 0.5) is 11.4 Å². The van der Waals surface area contributed by atoms with E-state index >= 15 is 0 Å². The summed E-state index contributed by atoms with van der Waals surface area (Å²) in [6.45, 7) is 0. The first-order chi connectivity index (χ1) is 9.44. The molecule has 3 N–H and O–H groups in total. The Labute approximate surface area is 121 Å². The molecule has 0 radical (unpaired) electrons. The number of sulfonamides is 1. The van der Waals surface area contributed by atoms with E-state index in [4.69, 9.17) is 22.1 Å². The summed E-state index contributed by atoms with van der Waals surface area (Å²) in [5, 5.41) is 0.125. The van der Waals surface area contributed by atoms with Gasteiger partial charge < -0.3 is 10.5 Å². The molecular formula is C12H12ClN3O3S. The topological polar surface area (TPSA) is 94.3 Å². The SMILES string of the molecule is COc1ccc(Cl)cc1NS(=O)(=O)c1ncccc1N. The molecule has 0 saturated carbocycles. The molecule has 8 heteroatoms. The molecule has 0 bridgehead atoms. The van der Waals surface area contributed by atoms with E-state index in [1.165, 1.54) is 25.4 Å². The van der Waals surface area contributed by atoms with Crippen LogP contribution in [0.2, 0.25) is 5.02 Å². The predicted molar refractivity (Wildman–Crippen MR) is 77.5 cm³/mol. The summed E-state index contributed by atoms with van der Waals surface area (Å²) in [4.78, 5) is 3.77. The molecule has 0 aliphatic heterocycles. The number of anilines is 2. The fourth-order valence-electron chi connectivity index (χ4n) is 1.58. The van der Waals surface area contributed by atoms with Crippen LogP contribution in [0.25, 0.3) is 0 Å². The first-order valence-corrected chi connectivity index (χ1v) is 7.37. The molecule has 106 valence electrons. The second-order valence-electron chi connectivity index (χ2n) is 3.85. The van der Waals surface area contributed by atoms with Gasteiger partial charge in [0.05, 0.1) is 18.5 Å². The van der Waals surface area contributed by atoms with Crippen molar-refractivity contribution < 1.29 is 13.2 Å². The van der Waals surface area contributed by atoms with Crippen LogP contribution < -0.4 is 15.2 Å². The Morgan fingerprint density at radius 3 is 2.75 bits per heavy atom. The molecule has 0 atom stereocenters. The summed E-state index contributed by atoms with van der Waals surface area (Å²) >= 11 is 5.85. The van der Waals surface area contributed by atoms with Crippen LogP contribution in [-0.4, -0.2) is 20.5 Å². The Morgan fingerprint density at radius 1 is 1.35 bits per heavy atom. The summed E-state index contributed by atoms with van der Waals surface area (Å²) in [6, 6.07) is 7.59. The predicted octanol–water partition coefficient (Wildman–Crippen LogP) is 2.13. The van der Waals surface area contributed by atoms with Gasteiger partial charge in [0, 0.05) is 11.2 Å². The fourth-order valence-corrected chi connectivity index (χ4v) is 2.88. The fraction of sp³-hybridized carbons (Fsp3) is 0.0833. The quantitative estimate of drug-likeness (QED) is 0.901. The van der Waals surface area contributed by atoms with Crippen LogP contribution in [0.15, 0.2) is 41.6 Å². The minimum absolute atomic E-state index is 0.0565. The molecule has 1 heterocycles. The van der Waals surface area contributed by atoms with Crippen molar-refractivity contribution in [2.75, 3.05) is 17.6 Å². The van der Waals surface area contributed by atoms with Gasteiger partial charge >= 0.3 is 0 Å². The third kappa shape index (κ3) is 2.94. The third-order valence-corrected chi connectivity index (χ3v) is 4.03. The van der Waals surface area contributed by atoms with Crippen molar-refractivity contribution in [2.45, 2.75) is 5.03 Å². The van der Waals surface area contributed by atoms with Crippen molar-refractivity contribution in [1.82, 2.24) is 4.98 Å². The maximum Gasteiger partial charge on any atom is 0.281 e. The minimum atomic E-state index is -3.92. The number of methoxy groups -OCH3 is 1. The molecule has 0 saturated heterocycles. The van der Waals surface area contributed by atoms with Crippen molar-refractivity contribution in [2.24, 2.45) is 0 Å². The number of nitrogens with two attached hydrogens (primary N) is 1. The number of nitrogens with one attached hydrogen (secondary N) is 1. The monoisotopic (exact) mass is 313 g/mol. The maximum absolute atomic E-state index is 12.2. The molecule has 2 rings (SSSR count). The molecule has 2 aromatic rings. The highest BCUT2D eigenvalue weighted by molar-refractivity contribution is 7.92. The first kappa shape index (κ1) is 14.4. The number of nitrogen functional groups attached to an aromatic ring is 1. The lowest BCUT2D eigenvalue weighted by Crippen LogP contribution is -2.16. The van der Waals surface area contributed by atoms with Crippen LogP contribution in [0.5, 0.6) is 5.75 Å². The van der Waals surface area contributed by atoms with E-state index in [0.717, 1.165) is 0 Å². The van der Waals surface area contributed by atoms with Gasteiger partial charge in [0.1, 0.15) is 5.75 Å². The van der Waals surface area contributed by atoms with Crippen LogP contribution in [0.1, 0.15) is 0 Å². The molecule has 0 spiro atoms. The van der Waals surface area contributed by atoms with Gasteiger partial charge in [-0.2, -0.15) is 8.42 Å². The first-order valence-electron chi connectivity index (χ1n) is 5.51. The standard InChI is InChI=1S/C12H12ClN3O3S/c1-19-11-5-4-8(13)7-10(11)16-20(17,18)12-9(14)3-2-6-15-12/h2-7,16H,14H2,1H3. The van der Waals surface area contributed by atoms with Crippen molar-refractivity contribution in [3.63, 3.8) is 0 Å². The number of ether oxygens (including phenoxy) is 1. The molecule has 0 fully saturated rings. The van der Waals surface area contributed by atoms with E-state index in [2.05, 4.69) is 9.71 Å². The van der Waals surface area contributed by atoms with E-state index in [0.29, 0.717) is 10.8 Å². The van der Waals surface area contributed by atoms with Gasteiger partial charge in [0.15, 0.2) is 5.03 Å². The van der Waals surface area contributed by atoms with Crippen molar-refractivity contribution in [3.05, 3.63) is 41.6 Å². The Kier molecular flexibility index (Phi) is 4.01. The zero-order valence-corrected chi connectivity index (χ0v) is 12.1. The number of nitrogens with zero attached hydrogens (tertiary/aromatic N) is 1. The smallest absolute Gasteiger partial charge is 0.281 e. The van der Waals surface area contributed by atoms with Gasteiger partial charge in [-0.15, -0.1) is 0 Å². The number of benzene rings is 1. The Bertz CT molecular complexity index is 734. The van der Waals surface area contributed by atoms with Crippen molar-refractivity contribution >= 4 is 33.0 Å². The number of rotatable bonds is 4. The number of pyridine rings is 1. The summed E-state index contributed by atoms with van der Waals surface area (Å²) in [5.41, 5.74) is 5.89. The van der Waals surface area contributed by atoms with E-state index in [1.807, 2.05) is 0 Å². The second kappa shape index (κ2) is 5.56. The van der Waals surface area contributed by atoms with Gasteiger partial charge in [-0.1, -0.05) is 11.6 Å². The van der Waals surface area contributed by atoms with Crippen LogP contribution in [0.3, 0.4) is 0 Å². The zero-order chi connectivity index (χ0) is 14.8. The molecular weight excluding hydrogens is 302 g/mol. The molecule has 1 aromatic heterocycles. The van der Waals surface area contributed by atoms with Gasteiger partial charge in [0.25, 0.3) is 10.0 Å². The highest BCUT2D eigenvalue weighted by Gasteiger charge is 2.20. The van der Waals surface area contributed by atoms with Gasteiger partial charge in [-0.3, -0.25) is 4.72 Å². The molecule has 6 nitrogen and oxygen atoms in total. The Hall–Kier alpha value is -1.99. The molecule has 20 heavy (non-hydrogen) atoms. The van der Waals surface area contributed by atoms with Gasteiger partial charge in [-0.25, -0.2) is 4.98 Å².